The van der Waals surface area contributed by atoms with E-state index in [2.05, 4.69) is 17.2 Å². The number of aliphatic hydroxyl groups excluding tert-OH is 1. The maximum Gasteiger partial charge on any atom is 0.228 e. The smallest absolute Gasteiger partial charge is 0.228 e. The molecule has 5 heteroatoms. The summed E-state index contributed by atoms with van der Waals surface area (Å²) in [6, 6.07) is 6.47. The molecule has 5 nitrogen and oxygen atoms in total. The third-order valence-electron chi connectivity index (χ3n) is 6.02. The number of hydrogen-bond donors (Lipinski definition) is 1. The van der Waals surface area contributed by atoms with Crippen molar-refractivity contribution in [3.63, 3.8) is 0 Å². The Kier molecular flexibility index (Phi) is 3.83. The number of aromatic nitrogens is 2. The summed E-state index contributed by atoms with van der Waals surface area (Å²) in [5, 5.41) is 13.6. The van der Waals surface area contributed by atoms with Crippen LogP contribution in [0.2, 0.25) is 0 Å². The molecule has 1 saturated carbocycles. The van der Waals surface area contributed by atoms with Crippen molar-refractivity contribution in [1.29, 1.82) is 0 Å². The first kappa shape index (κ1) is 15.6. The fourth-order valence-corrected chi connectivity index (χ4v) is 4.53. The van der Waals surface area contributed by atoms with Crippen molar-refractivity contribution < 1.29 is 9.90 Å². The predicted molar refractivity (Wildman–Crippen MR) is 91.7 cm³/mol. The summed E-state index contributed by atoms with van der Waals surface area (Å²) in [5.41, 5.74) is 2.85. The molecular weight excluding hydrogens is 302 g/mol. The lowest BCUT2D eigenvalue weighted by atomic mass is 9.76. The summed E-state index contributed by atoms with van der Waals surface area (Å²) in [4.78, 5) is 14.3. The molecule has 2 aromatic heterocycles. The minimum Gasteiger partial charge on any atom is -0.396 e. The second kappa shape index (κ2) is 5.88. The van der Waals surface area contributed by atoms with E-state index in [1.807, 2.05) is 34.8 Å². The zero-order chi connectivity index (χ0) is 16.7. The number of nitrogens with zero attached hydrogens (tertiary/aromatic N) is 3. The van der Waals surface area contributed by atoms with Gasteiger partial charge in [-0.2, -0.15) is 5.10 Å². The van der Waals surface area contributed by atoms with Crippen LogP contribution in [-0.2, 0) is 4.79 Å². The van der Waals surface area contributed by atoms with Gasteiger partial charge in [0, 0.05) is 30.9 Å². The third kappa shape index (κ3) is 2.51. The van der Waals surface area contributed by atoms with Gasteiger partial charge in [-0.05, 0) is 55.4 Å². The Morgan fingerprint density at radius 1 is 1.46 bits per heavy atom. The standard InChI is InChI=1S/C19H25N3O2/c1-2-14(11-23)18(24)21-12-19(13-21)6-3-16(10-19)15-5-8-22-17(9-15)4-7-20-22/h4-5,7-9,14,16,23H,2-3,6,10-13H2,1H3/t14-,16?/m1/s1. The molecule has 2 aromatic rings. The van der Waals surface area contributed by atoms with E-state index in [1.54, 1.807) is 0 Å². The average molecular weight is 327 g/mol. The molecule has 2 atom stereocenters. The van der Waals surface area contributed by atoms with E-state index >= 15 is 0 Å². The van der Waals surface area contributed by atoms with Crippen molar-refractivity contribution in [3.05, 3.63) is 36.2 Å². The van der Waals surface area contributed by atoms with Crippen LogP contribution in [0.25, 0.3) is 5.52 Å². The lowest BCUT2D eigenvalue weighted by Gasteiger charge is -2.49. The summed E-state index contributed by atoms with van der Waals surface area (Å²) in [6.45, 7) is 3.67. The Morgan fingerprint density at radius 3 is 3.04 bits per heavy atom. The summed E-state index contributed by atoms with van der Waals surface area (Å²) >= 11 is 0. The van der Waals surface area contributed by atoms with Gasteiger partial charge in [0.25, 0.3) is 0 Å². The molecule has 0 bridgehead atoms. The molecule has 24 heavy (non-hydrogen) atoms. The first-order valence-corrected chi connectivity index (χ1v) is 8.97. The van der Waals surface area contributed by atoms with Crippen molar-refractivity contribution in [2.45, 2.75) is 38.5 Å². The predicted octanol–water partition coefficient (Wildman–Crippen LogP) is 2.45. The lowest BCUT2D eigenvalue weighted by molar-refractivity contribution is -0.149. The van der Waals surface area contributed by atoms with Crippen molar-refractivity contribution in [3.8, 4) is 0 Å². The molecule has 0 radical (unpaired) electrons. The number of amides is 1. The molecule has 4 rings (SSSR count). The molecule has 1 saturated heterocycles. The molecular formula is C19H25N3O2. The first-order valence-electron chi connectivity index (χ1n) is 8.97. The molecule has 2 aliphatic rings. The minimum atomic E-state index is -0.219. The van der Waals surface area contributed by atoms with Crippen LogP contribution in [0.3, 0.4) is 0 Å². The van der Waals surface area contributed by atoms with Crippen molar-refractivity contribution in [2.24, 2.45) is 11.3 Å². The van der Waals surface area contributed by atoms with E-state index in [1.165, 1.54) is 18.4 Å². The summed E-state index contributed by atoms with van der Waals surface area (Å²) in [6.07, 6.45) is 8.14. The van der Waals surface area contributed by atoms with E-state index in [4.69, 9.17) is 0 Å². The van der Waals surface area contributed by atoms with Crippen LogP contribution in [0.1, 0.15) is 44.1 Å². The van der Waals surface area contributed by atoms with Crippen LogP contribution < -0.4 is 0 Å². The van der Waals surface area contributed by atoms with Crippen molar-refractivity contribution in [2.75, 3.05) is 19.7 Å². The van der Waals surface area contributed by atoms with Crippen LogP contribution in [-0.4, -0.2) is 45.2 Å². The monoisotopic (exact) mass is 327 g/mol. The van der Waals surface area contributed by atoms with E-state index in [-0.39, 0.29) is 18.4 Å². The maximum absolute atomic E-state index is 12.4. The van der Waals surface area contributed by atoms with Gasteiger partial charge in [-0.1, -0.05) is 6.92 Å². The summed E-state index contributed by atoms with van der Waals surface area (Å²) < 4.78 is 1.90. The van der Waals surface area contributed by atoms with Crippen LogP contribution >= 0.6 is 0 Å². The molecule has 1 spiro atoms. The van der Waals surface area contributed by atoms with E-state index in [9.17, 15) is 9.90 Å². The Bertz CT molecular complexity index is 744. The van der Waals surface area contributed by atoms with Gasteiger partial charge in [-0.25, -0.2) is 4.52 Å². The van der Waals surface area contributed by atoms with Crippen LogP contribution in [0.4, 0.5) is 0 Å². The molecule has 0 aromatic carbocycles. The highest BCUT2D eigenvalue weighted by atomic mass is 16.3. The van der Waals surface area contributed by atoms with E-state index < -0.39 is 0 Å². The van der Waals surface area contributed by atoms with Crippen molar-refractivity contribution >= 4 is 11.4 Å². The highest BCUT2D eigenvalue weighted by Gasteiger charge is 2.50. The topological polar surface area (TPSA) is 57.8 Å². The van der Waals surface area contributed by atoms with Gasteiger partial charge in [-0.3, -0.25) is 4.79 Å². The number of likely N-dealkylation sites (tertiary alicyclic amines) is 1. The largest absolute Gasteiger partial charge is 0.396 e. The van der Waals surface area contributed by atoms with Gasteiger partial charge in [-0.15, -0.1) is 0 Å². The Balaban J connectivity index is 1.41. The number of carbonyl (C=O) groups is 1. The summed E-state index contributed by atoms with van der Waals surface area (Å²) in [5.74, 6) is 0.501. The Labute approximate surface area is 142 Å². The number of hydrogen-bond acceptors (Lipinski definition) is 3. The average Bonchev–Trinajstić information content (AvgIpc) is 3.20. The van der Waals surface area contributed by atoms with Crippen LogP contribution in [0, 0.1) is 11.3 Å². The van der Waals surface area contributed by atoms with Gasteiger partial charge in [0.1, 0.15) is 0 Å². The lowest BCUT2D eigenvalue weighted by Crippen LogP contribution is -2.58. The number of carbonyl (C=O) groups excluding carboxylic acids is 1. The first-order chi connectivity index (χ1) is 11.6. The number of pyridine rings is 1. The second-order valence-corrected chi connectivity index (χ2v) is 7.58. The zero-order valence-corrected chi connectivity index (χ0v) is 14.2. The minimum absolute atomic E-state index is 0.0349. The van der Waals surface area contributed by atoms with Gasteiger partial charge in [0.05, 0.1) is 18.0 Å². The second-order valence-electron chi connectivity index (χ2n) is 7.58. The number of rotatable bonds is 4. The van der Waals surface area contributed by atoms with Crippen molar-refractivity contribution in [1.82, 2.24) is 14.5 Å². The van der Waals surface area contributed by atoms with Crippen LogP contribution in [0.5, 0.6) is 0 Å². The SMILES string of the molecule is CC[C@H](CO)C(=O)N1CC2(CCC(c3ccn4nccc4c3)C2)C1. The highest BCUT2D eigenvalue weighted by molar-refractivity contribution is 5.80. The number of aliphatic hydroxyl groups is 1. The summed E-state index contributed by atoms with van der Waals surface area (Å²) in [7, 11) is 0. The van der Waals surface area contributed by atoms with Gasteiger partial charge in [0.15, 0.2) is 0 Å². The number of fused-ring (bicyclic) bond motifs is 1. The Morgan fingerprint density at radius 2 is 2.29 bits per heavy atom. The quantitative estimate of drug-likeness (QED) is 0.938. The molecule has 1 aliphatic heterocycles. The normalized spacial score (nSPS) is 23.6. The third-order valence-corrected chi connectivity index (χ3v) is 6.02. The molecule has 1 N–H and O–H groups in total. The van der Waals surface area contributed by atoms with Gasteiger partial charge >= 0.3 is 0 Å². The molecule has 1 aliphatic carbocycles. The molecule has 3 heterocycles. The highest BCUT2D eigenvalue weighted by Crippen LogP contribution is 2.52. The fourth-order valence-electron chi connectivity index (χ4n) is 4.53. The van der Waals surface area contributed by atoms with Gasteiger partial charge < -0.3 is 10.0 Å². The molecule has 1 amide bonds. The van der Waals surface area contributed by atoms with Gasteiger partial charge in [0.2, 0.25) is 5.91 Å². The van der Waals surface area contributed by atoms with Crippen LogP contribution in [0.15, 0.2) is 30.6 Å². The van der Waals surface area contributed by atoms with E-state index in [0.29, 0.717) is 17.8 Å². The fraction of sp³-hybridized carbons (Fsp3) is 0.579. The molecule has 2 fully saturated rings. The molecule has 1 unspecified atom stereocenters. The zero-order valence-electron chi connectivity index (χ0n) is 14.2. The maximum atomic E-state index is 12.4. The van der Waals surface area contributed by atoms with E-state index in [0.717, 1.165) is 25.0 Å². The molecule has 128 valence electrons. The Hall–Kier alpha value is -1.88.